The Labute approximate surface area is 192 Å². The maximum Gasteiger partial charge on any atom is 0.338 e. The van der Waals surface area contributed by atoms with Crippen LogP contribution in [0.5, 0.6) is 11.5 Å². The van der Waals surface area contributed by atoms with Crippen LogP contribution in [-0.4, -0.2) is 38.4 Å². The third kappa shape index (κ3) is 3.82. The van der Waals surface area contributed by atoms with Crippen molar-refractivity contribution in [3.63, 3.8) is 0 Å². The Hall–Kier alpha value is -3.80. The van der Waals surface area contributed by atoms with Gasteiger partial charge in [0.2, 0.25) is 0 Å². The summed E-state index contributed by atoms with van der Waals surface area (Å²) in [5, 5.41) is 0. The molecule has 2 aliphatic carbocycles. The molecule has 2 bridgehead atoms. The second kappa shape index (κ2) is 8.62. The van der Waals surface area contributed by atoms with Crippen LogP contribution in [-0.2, 0) is 9.47 Å². The second-order valence-corrected chi connectivity index (χ2v) is 8.27. The van der Waals surface area contributed by atoms with Crippen molar-refractivity contribution in [1.29, 1.82) is 0 Å². The van der Waals surface area contributed by atoms with Gasteiger partial charge in [-0.3, -0.25) is 0 Å². The topological polar surface area (TPSA) is 71.1 Å². The Morgan fingerprint density at radius 1 is 0.636 bits per heavy atom. The first-order chi connectivity index (χ1) is 16.1. The van der Waals surface area contributed by atoms with Gasteiger partial charge in [0.05, 0.1) is 25.3 Å². The molecule has 2 aliphatic rings. The molecule has 0 amide bonds. The molecule has 1 fully saturated rings. The summed E-state index contributed by atoms with van der Waals surface area (Å²) in [7, 11) is 3.14. The summed E-state index contributed by atoms with van der Waals surface area (Å²) >= 11 is 0. The molecule has 168 valence electrons. The first-order valence-corrected chi connectivity index (χ1v) is 10.9. The Bertz CT molecular complexity index is 1080. The lowest BCUT2D eigenvalue weighted by molar-refractivity contribution is -0.0348. The van der Waals surface area contributed by atoms with E-state index in [4.69, 9.17) is 18.9 Å². The van der Waals surface area contributed by atoms with Gasteiger partial charge < -0.3 is 18.9 Å². The summed E-state index contributed by atoms with van der Waals surface area (Å²) in [5.74, 6) is 0.402. The summed E-state index contributed by atoms with van der Waals surface area (Å²) in [6.07, 6.45) is -0.330. The molecule has 1 saturated carbocycles. The van der Waals surface area contributed by atoms with E-state index in [1.165, 1.54) is 0 Å². The minimum Gasteiger partial charge on any atom is -0.497 e. The molecule has 33 heavy (non-hydrogen) atoms. The minimum absolute atomic E-state index is 0.0120. The van der Waals surface area contributed by atoms with Gasteiger partial charge >= 0.3 is 11.9 Å². The van der Waals surface area contributed by atoms with Gasteiger partial charge in [0.1, 0.15) is 23.7 Å². The number of carbonyl (C=O) groups excluding carboxylic acids is 2. The van der Waals surface area contributed by atoms with Gasteiger partial charge in [-0.2, -0.15) is 0 Å². The fourth-order valence-corrected chi connectivity index (χ4v) is 4.93. The molecule has 2 unspecified atom stereocenters. The molecule has 0 spiro atoms. The molecular formula is C27H24O6. The van der Waals surface area contributed by atoms with Crippen LogP contribution in [0.3, 0.4) is 0 Å². The Kier molecular flexibility index (Phi) is 5.50. The molecule has 0 aromatic heterocycles. The molecule has 4 atom stereocenters. The van der Waals surface area contributed by atoms with Crippen molar-refractivity contribution in [3.05, 3.63) is 95.1 Å². The van der Waals surface area contributed by atoms with Crippen molar-refractivity contribution in [2.75, 3.05) is 14.2 Å². The average molecular weight is 444 g/mol. The summed E-state index contributed by atoms with van der Waals surface area (Å²) in [6.45, 7) is 0. The SMILES string of the molecule is COc1ccc(C(=O)OC2C3C[C@@H](c4ccccc43)[C@@H]2OC(=O)c2ccc(OC)cc2)cc1. The monoisotopic (exact) mass is 444 g/mol. The van der Waals surface area contributed by atoms with Crippen molar-refractivity contribution in [2.24, 2.45) is 0 Å². The molecule has 6 nitrogen and oxygen atoms in total. The number of rotatable bonds is 6. The number of benzene rings is 3. The number of ether oxygens (including phenoxy) is 4. The summed E-state index contributed by atoms with van der Waals surface area (Å²) in [4.78, 5) is 25.9. The number of fused-ring (bicyclic) bond motifs is 5. The molecule has 3 aromatic rings. The van der Waals surface area contributed by atoms with Crippen LogP contribution < -0.4 is 9.47 Å². The predicted molar refractivity (Wildman–Crippen MR) is 121 cm³/mol. The van der Waals surface area contributed by atoms with Gasteiger partial charge in [-0.15, -0.1) is 0 Å². The van der Waals surface area contributed by atoms with E-state index >= 15 is 0 Å². The molecule has 0 N–H and O–H groups in total. The van der Waals surface area contributed by atoms with E-state index in [-0.39, 0.29) is 11.8 Å². The zero-order chi connectivity index (χ0) is 22.9. The van der Waals surface area contributed by atoms with Crippen LogP contribution in [0.25, 0.3) is 0 Å². The van der Waals surface area contributed by atoms with Crippen LogP contribution >= 0.6 is 0 Å². The van der Waals surface area contributed by atoms with Crippen LogP contribution in [0.4, 0.5) is 0 Å². The van der Waals surface area contributed by atoms with Gasteiger partial charge in [0, 0.05) is 11.8 Å². The highest BCUT2D eigenvalue weighted by Crippen LogP contribution is 2.55. The molecule has 0 radical (unpaired) electrons. The van der Waals surface area contributed by atoms with Crippen LogP contribution in [0.15, 0.2) is 72.8 Å². The molecule has 6 heteroatoms. The highest BCUT2D eigenvalue weighted by atomic mass is 16.6. The van der Waals surface area contributed by atoms with Gasteiger partial charge in [-0.1, -0.05) is 24.3 Å². The number of esters is 2. The van der Waals surface area contributed by atoms with Crippen molar-refractivity contribution in [1.82, 2.24) is 0 Å². The lowest BCUT2D eigenvalue weighted by atomic mass is 9.87. The second-order valence-electron chi connectivity index (χ2n) is 8.27. The lowest BCUT2D eigenvalue weighted by Crippen LogP contribution is -2.39. The van der Waals surface area contributed by atoms with Crippen LogP contribution in [0, 0.1) is 0 Å². The first kappa shape index (κ1) is 21.1. The van der Waals surface area contributed by atoms with E-state index in [2.05, 4.69) is 12.1 Å². The van der Waals surface area contributed by atoms with Crippen LogP contribution in [0.2, 0.25) is 0 Å². The molecular weight excluding hydrogens is 420 g/mol. The molecule has 0 saturated heterocycles. The van der Waals surface area contributed by atoms with Gasteiger partial charge in [-0.25, -0.2) is 9.59 Å². The van der Waals surface area contributed by atoms with E-state index in [9.17, 15) is 9.59 Å². The zero-order valence-electron chi connectivity index (χ0n) is 18.4. The van der Waals surface area contributed by atoms with Crippen molar-refractivity contribution in [2.45, 2.75) is 30.5 Å². The highest BCUT2D eigenvalue weighted by Gasteiger charge is 2.55. The number of hydrogen-bond donors (Lipinski definition) is 0. The summed E-state index contributed by atoms with van der Waals surface area (Å²) in [6, 6.07) is 21.6. The van der Waals surface area contributed by atoms with Gasteiger partial charge in [0.25, 0.3) is 0 Å². The minimum atomic E-state index is -0.554. The van der Waals surface area contributed by atoms with Crippen molar-refractivity contribution < 1.29 is 28.5 Å². The van der Waals surface area contributed by atoms with E-state index in [0.717, 1.165) is 17.5 Å². The van der Waals surface area contributed by atoms with E-state index in [1.54, 1.807) is 62.8 Å². The van der Waals surface area contributed by atoms with Crippen molar-refractivity contribution in [3.8, 4) is 11.5 Å². The maximum atomic E-state index is 12.9. The standard InChI is InChI=1S/C27H24O6/c1-30-18-11-7-16(8-12-18)26(28)32-24-22-15-23(21-6-4-3-5-20(21)22)25(24)33-27(29)17-9-13-19(31-2)14-10-17/h3-14,22-25H,15H2,1-2H3/t22-,23?,24-,25?/m0/s1. The predicted octanol–water partition coefficient (Wildman–Crippen LogP) is 4.74. The number of carbonyl (C=O) groups is 2. The fourth-order valence-electron chi connectivity index (χ4n) is 4.93. The largest absolute Gasteiger partial charge is 0.497 e. The number of hydrogen-bond acceptors (Lipinski definition) is 6. The van der Waals surface area contributed by atoms with Crippen LogP contribution in [0.1, 0.15) is 50.1 Å². The van der Waals surface area contributed by atoms with Gasteiger partial charge in [-0.05, 0) is 66.1 Å². The van der Waals surface area contributed by atoms with Crippen molar-refractivity contribution >= 4 is 11.9 Å². The molecule has 3 aromatic carbocycles. The third-order valence-electron chi connectivity index (χ3n) is 6.56. The Morgan fingerprint density at radius 3 is 1.39 bits per heavy atom. The summed E-state index contributed by atoms with van der Waals surface area (Å²) in [5.41, 5.74) is 3.16. The highest BCUT2D eigenvalue weighted by molar-refractivity contribution is 5.91. The van der Waals surface area contributed by atoms with E-state index < -0.39 is 24.1 Å². The van der Waals surface area contributed by atoms with E-state index in [0.29, 0.717) is 22.6 Å². The van der Waals surface area contributed by atoms with E-state index in [1.807, 2.05) is 12.1 Å². The lowest BCUT2D eigenvalue weighted by Gasteiger charge is -2.32. The Balaban J connectivity index is 1.40. The average Bonchev–Trinajstić information content (AvgIpc) is 3.41. The maximum absolute atomic E-state index is 12.9. The summed E-state index contributed by atoms with van der Waals surface area (Å²) < 4.78 is 22.3. The number of methoxy groups -OCH3 is 2. The molecule has 0 heterocycles. The Morgan fingerprint density at radius 2 is 1.03 bits per heavy atom. The van der Waals surface area contributed by atoms with Gasteiger partial charge in [0.15, 0.2) is 0 Å². The molecule has 5 rings (SSSR count). The smallest absolute Gasteiger partial charge is 0.338 e. The quantitative estimate of drug-likeness (QED) is 0.512. The molecule has 0 aliphatic heterocycles. The third-order valence-corrected chi connectivity index (χ3v) is 6.56. The fraction of sp³-hybridized carbons (Fsp3) is 0.259. The zero-order valence-corrected chi connectivity index (χ0v) is 18.4. The first-order valence-electron chi connectivity index (χ1n) is 10.9. The normalized spacial score (nSPS) is 22.4.